The molecule has 0 amide bonds. The van der Waals surface area contributed by atoms with E-state index < -0.39 is 0 Å². The van der Waals surface area contributed by atoms with E-state index in [0.717, 1.165) is 5.92 Å². The van der Waals surface area contributed by atoms with Gasteiger partial charge in [0, 0.05) is 0 Å². The van der Waals surface area contributed by atoms with Crippen molar-refractivity contribution in [2.75, 3.05) is 0 Å². The van der Waals surface area contributed by atoms with Crippen molar-refractivity contribution >= 4 is 10.2 Å². The molecule has 2 rings (SSSR count). The summed E-state index contributed by atoms with van der Waals surface area (Å²) in [5.41, 5.74) is 5.28. The van der Waals surface area contributed by atoms with Gasteiger partial charge in [-0.2, -0.15) is 0 Å². The van der Waals surface area contributed by atoms with Gasteiger partial charge in [0.2, 0.25) is 0 Å². The summed E-state index contributed by atoms with van der Waals surface area (Å²) in [4.78, 5) is 0. The van der Waals surface area contributed by atoms with Gasteiger partial charge < -0.3 is 0 Å². The van der Waals surface area contributed by atoms with Gasteiger partial charge in [0.15, 0.2) is 0 Å². The summed E-state index contributed by atoms with van der Waals surface area (Å²) in [6, 6.07) is 1.45. The fraction of sp³-hybridized carbons (Fsp3) is 0.636. The van der Waals surface area contributed by atoms with Gasteiger partial charge in [0.1, 0.15) is 0 Å². The fourth-order valence-corrected chi connectivity index (χ4v) is 4.65. The van der Waals surface area contributed by atoms with E-state index in [-0.39, 0.29) is 0 Å². The topological polar surface area (TPSA) is 0 Å². The Morgan fingerprint density at radius 3 is 2.77 bits per heavy atom. The van der Waals surface area contributed by atoms with Gasteiger partial charge in [0.05, 0.1) is 0 Å². The van der Waals surface area contributed by atoms with Gasteiger partial charge in [-0.25, -0.2) is 0 Å². The molecule has 0 radical (unpaired) electrons. The molecule has 2 aliphatic rings. The second-order valence-corrected chi connectivity index (χ2v) is 5.83. The standard InChI is InChI=1S/C11H17Si.Ti/c1-8-6-9-4-2-3-5-10(9)11(8)7-12;/h11H,2-5,7H2,1,12H3;. The van der Waals surface area contributed by atoms with Gasteiger partial charge in [-0.1, -0.05) is 0 Å². The minimum absolute atomic E-state index is 0.877. The van der Waals surface area contributed by atoms with Gasteiger partial charge in [0.25, 0.3) is 0 Å². The second-order valence-electron chi connectivity index (χ2n) is 4.23. The van der Waals surface area contributed by atoms with Gasteiger partial charge in [-0.3, -0.25) is 0 Å². The van der Waals surface area contributed by atoms with Crippen LogP contribution in [0.1, 0.15) is 32.6 Å². The van der Waals surface area contributed by atoms with Crippen molar-refractivity contribution in [1.29, 1.82) is 0 Å². The van der Waals surface area contributed by atoms with Crippen LogP contribution in [0.5, 0.6) is 0 Å². The second kappa shape index (κ2) is 3.88. The summed E-state index contributed by atoms with van der Waals surface area (Å²) in [6.45, 7) is 2.36. The van der Waals surface area contributed by atoms with E-state index in [0.29, 0.717) is 0 Å². The molecular weight excluding hydrogens is 208 g/mol. The summed E-state index contributed by atoms with van der Waals surface area (Å²) in [5, 5.41) is 0. The SMILES string of the molecule is CC1=[C]([Ti])C2=C(CCCC2)C1C[SiH3]. The molecule has 0 aromatic carbocycles. The summed E-state index contributed by atoms with van der Waals surface area (Å²) in [7, 11) is 1.35. The molecule has 13 heavy (non-hydrogen) atoms. The van der Waals surface area contributed by atoms with Crippen molar-refractivity contribution in [2.45, 2.75) is 38.7 Å². The van der Waals surface area contributed by atoms with Gasteiger partial charge in [-0.05, 0) is 0 Å². The summed E-state index contributed by atoms with van der Waals surface area (Å²) in [5.74, 6) is 0.877. The minimum atomic E-state index is 0.877. The van der Waals surface area contributed by atoms with Crippen molar-refractivity contribution in [3.05, 3.63) is 20.6 Å². The summed E-state index contributed by atoms with van der Waals surface area (Å²) >= 11 is 2.34. The van der Waals surface area contributed by atoms with E-state index >= 15 is 0 Å². The molecule has 69 valence electrons. The molecule has 0 aromatic rings. The normalized spacial score (nSPS) is 28.5. The zero-order chi connectivity index (χ0) is 9.42. The molecule has 1 unspecified atom stereocenters. The molecular formula is C11H17SiTi. The van der Waals surface area contributed by atoms with Crippen LogP contribution in [0.25, 0.3) is 0 Å². The quantitative estimate of drug-likeness (QED) is 0.599. The maximum absolute atomic E-state index is 2.36. The Balaban J connectivity index is 2.37. The molecule has 1 atom stereocenters. The molecule has 2 heteroatoms. The molecule has 0 heterocycles. The third kappa shape index (κ3) is 1.56. The van der Waals surface area contributed by atoms with Crippen molar-refractivity contribution in [3.8, 4) is 0 Å². The maximum atomic E-state index is 2.36. The molecule has 0 fully saturated rings. The molecule has 0 saturated carbocycles. The Kier molecular flexibility index (Phi) is 2.97. The monoisotopic (exact) mass is 225 g/mol. The van der Waals surface area contributed by atoms with Crippen LogP contribution in [0, 0.1) is 5.92 Å². The molecule has 0 spiro atoms. The van der Waals surface area contributed by atoms with Crippen LogP contribution in [0.15, 0.2) is 20.6 Å². The third-order valence-corrected chi connectivity index (χ3v) is 5.46. The van der Waals surface area contributed by atoms with Crippen molar-refractivity contribution < 1.29 is 20.4 Å². The van der Waals surface area contributed by atoms with Crippen LogP contribution in [0.4, 0.5) is 0 Å². The van der Waals surface area contributed by atoms with Crippen LogP contribution >= 0.6 is 0 Å². The summed E-state index contributed by atoms with van der Waals surface area (Å²) < 4.78 is 1.65. The van der Waals surface area contributed by atoms with E-state index in [1.54, 1.807) is 15.0 Å². The van der Waals surface area contributed by atoms with Crippen LogP contribution in [-0.4, -0.2) is 10.2 Å². The first-order chi connectivity index (χ1) is 6.25. The van der Waals surface area contributed by atoms with Gasteiger partial charge >= 0.3 is 95.8 Å². The predicted octanol–water partition coefficient (Wildman–Crippen LogP) is 2.09. The molecule has 0 saturated heterocycles. The Labute approximate surface area is 95.7 Å². The molecule has 0 aliphatic heterocycles. The van der Waals surface area contributed by atoms with Crippen LogP contribution < -0.4 is 0 Å². The first kappa shape index (κ1) is 9.95. The van der Waals surface area contributed by atoms with Crippen molar-refractivity contribution in [2.24, 2.45) is 5.92 Å². The molecule has 2 aliphatic carbocycles. The average Bonchev–Trinajstić information content (AvgIpc) is 2.41. The first-order valence-electron chi connectivity index (χ1n) is 5.40. The van der Waals surface area contributed by atoms with Crippen molar-refractivity contribution in [3.63, 3.8) is 0 Å². The first-order valence-corrected chi connectivity index (χ1v) is 7.59. The van der Waals surface area contributed by atoms with Crippen molar-refractivity contribution in [1.82, 2.24) is 0 Å². The Morgan fingerprint density at radius 2 is 2.08 bits per heavy atom. The molecule has 0 nitrogen and oxygen atoms in total. The van der Waals surface area contributed by atoms with Crippen LogP contribution in [-0.2, 0) is 20.4 Å². The third-order valence-electron chi connectivity index (χ3n) is 3.56. The number of allylic oxidation sites excluding steroid dienone is 4. The molecule has 0 N–H and O–H groups in total. The Morgan fingerprint density at radius 1 is 1.38 bits per heavy atom. The molecule has 0 bridgehead atoms. The Bertz CT molecular complexity index is 288. The zero-order valence-electron chi connectivity index (χ0n) is 8.61. The number of hydrogen-bond acceptors (Lipinski definition) is 0. The fourth-order valence-electron chi connectivity index (χ4n) is 2.82. The predicted molar refractivity (Wildman–Crippen MR) is 56.4 cm³/mol. The van der Waals surface area contributed by atoms with Crippen LogP contribution in [0.3, 0.4) is 0 Å². The number of hydrogen-bond donors (Lipinski definition) is 0. The zero-order valence-corrected chi connectivity index (χ0v) is 12.2. The van der Waals surface area contributed by atoms with E-state index in [4.69, 9.17) is 0 Å². The van der Waals surface area contributed by atoms with Crippen LogP contribution in [0.2, 0.25) is 6.04 Å². The van der Waals surface area contributed by atoms with Gasteiger partial charge in [-0.15, -0.1) is 0 Å². The molecule has 0 aromatic heterocycles. The van der Waals surface area contributed by atoms with E-state index in [9.17, 15) is 0 Å². The van der Waals surface area contributed by atoms with E-state index in [2.05, 4.69) is 27.4 Å². The van der Waals surface area contributed by atoms with E-state index in [1.165, 1.54) is 42.0 Å². The average molecular weight is 225 g/mol. The summed E-state index contributed by atoms with van der Waals surface area (Å²) in [6.07, 6.45) is 5.64. The Hall–Kier alpha value is 0.411. The number of rotatable bonds is 1. The van der Waals surface area contributed by atoms with E-state index in [1.807, 2.05) is 5.57 Å².